The zero-order chi connectivity index (χ0) is 12.8. The first-order chi connectivity index (χ1) is 8.06. The first-order valence-electron chi connectivity index (χ1n) is 5.62. The Morgan fingerprint density at radius 3 is 2.71 bits per heavy atom. The number of nitrogens with zero attached hydrogens (tertiary/aromatic N) is 1. The Morgan fingerprint density at radius 1 is 1.35 bits per heavy atom. The summed E-state index contributed by atoms with van der Waals surface area (Å²) in [6.45, 7) is 1.04. The van der Waals surface area contributed by atoms with Crippen molar-refractivity contribution in [2.24, 2.45) is 0 Å². The van der Waals surface area contributed by atoms with Crippen LogP contribution in [0.15, 0.2) is 12.1 Å². The van der Waals surface area contributed by atoms with Crippen molar-refractivity contribution >= 4 is 34.0 Å². The van der Waals surface area contributed by atoms with Crippen molar-refractivity contribution < 1.29 is 9.50 Å². The predicted octanol–water partition coefficient (Wildman–Crippen LogP) is 2.61. The van der Waals surface area contributed by atoms with Gasteiger partial charge in [-0.25, -0.2) is 4.39 Å². The van der Waals surface area contributed by atoms with Gasteiger partial charge in [-0.3, -0.25) is 0 Å². The van der Waals surface area contributed by atoms with E-state index in [1.54, 1.807) is 6.07 Å². The zero-order valence-electron chi connectivity index (χ0n) is 9.92. The molecule has 0 aliphatic carbocycles. The maximum atomic E-state index is 13.4. The molecule has 96 valence electrons. The van der Waals surface area contributed by atoms with Crippen LogP contribution in [0.1, 0.15) is 19.3 Å². The number of nitrogen functional groups attached to an aromatic ring is 1. The standard InChI is InChI=1S/C12H18FIN2O/c1-16(5-3-2-4-6-17)12-7-9(13)10(14)8-11(12)15/h7-8,17H,2-6,15H2,1H3. The maximum Gasteiger partial charge on any atom is 0.138 e. The quantitative estimate of drug-likeness (QED) is 0.470. The highest BCUT2D eigenvalue weighted by Crippen LogP contribution is 2.26. The van der Waals surface area contributed by atoms with E-state index in [0.29, 0.717) is 9.26 Å². The minimum Gasteiger partial charge on any atom is -0.397 e. The van der Waals surface area contributed by atoms with Gasteiger partial charge in [0.25, 0.3) is 0 Å². The van der Waals surface area contributed by atoms with Crippen molar-refractivity contribution in [2.45, 2.75) is 19.3 Å². The number of hydrogen-bond acceptors (Lipinski definition) is 3. The molecule has 5 heteroatoms. The molecule has 0 aliphatic rings. The fourth-order valence-corrected chi connectivity index (χ4v) is 2.13. The highest BCUT2D eigenvalue weighted by Gasteiger charge is 2.09. The lowest BCUT2D eigenvalue weighted by Gasteiger charge is -2.21. The van der Waals surface area contributed by atoms with Gasteiger partial charge in [0, 0.05) is 26.3 Å². The van der Waals surface area contributed by atoms with Gasteiger partial charge >= 0.3 is 0 Å². The summed E-state index contributed by atoms with van der Waals surface area (Å²) in [6, 6.07) is 3.12. The summed E-state index contributed by atoms with van der Waals surface area (Å²) in [4.78, 5) is 1.95. The summed E-state index contributed by atoms with van der Waals surface area (Å²) >= 11 is 1.93. The molecule has 0 saturated carbocycles. The number of halogens is 2. The van der Waals surface area contributed by atoms with Gasteiger partial charge < -0.3 is 15.7 Å². The summed E-state index contributed by atoms with van der Waals surface area (Å²) in [6.07, 6.45) is 2.74. The van der Waals surface area contributed by atoms with E-state index in [-0.39, 0.29) is 12.4 Å². The third kappa shape index (κ3) is 4.31. The lowest BCUT2D eigenvalue weighted by Crippen LogP contribution is -2.20. The Balaban J connectivity index is 2.62. The van der Waals surface area contributed by atoms with Crippen LogP contribution in [-0.4, -0.2) is 25.3 Å². The van der Waals surface area contributed by atoms with Crippen molar-refractivity contribution in [3.8, 4) is 0 Å². The minimum atomic E-state index is -0.239. The Labute approximate surface area is 115 Å². The highest BCUT2D eigenvalue weighted by molar-refractivity contribution is 14.1. The molecule has 3 N–H and O–H groups in total. The van der Waals surface area contributed by atoms with Gasteiger partial charge in [0.2, 0.25) is 0 Å². The highest BCUT2D eigenvalue weighted by atomic mass is 127. The number of anilines is 2. The Bertz CT molecular complexity index is 374. The summed E-state index contributed by atoms with van der Waals surface area (Å²) in [7, 11) is 1.90. The second kappa shape index (κ2) is 7.00. The van der Waals surface area contributed by atoms with Gasteiger partial charge in [0.15, 0.2) is 0 Å². The number of rotatable bonds is 6. The molecule has 0 heterocycles. The van der Waals surface area contributed by atoms with E-state index >= 15 is 0 Å². The van der Waals surface area contributed by atoms with E-state index in [1.807, 2.05) is 34.5 Å². The average Bonchev–Trinajstić information content (AvgIpc) is 2.29. The summed E-state index contributed by atoms with van der Waals surface area (Å²) in [5.41, 5.74) is 7.19. The van der Waals surface area contributed by atoms with Crippen molar-refractivity contribution in [3.63, 3.8) is 0 Å². The second-order valence-corrected chi connectivity index (χ2v) is 5.19. The minimum absolute atomic E-state index is 0.226. The normalized spacial score (nSPS) is 10.6. The van der Waals surface area contributed by atoms with Crippen molar-refractivity contribution in [1.82, 2.24) is 0 Å². The van der Waals surface area contributed by atoms with Crippen molar-refractivity contribution in [2.75, 3.05) is 30.8 Å². The molecular formula is C12H18FIN2O. The molecule has 0 amide bonds. The van der Waals surface area contributed by atoms with Gasteiger partial charge in [-0.2, -0.15) is 0 Å². The predicted molar refractivity (Wildman–Crippen MR) is 77.7 cm³/mol. The Kier molecular flexibility index (Phi) is 5.97. The number of benzene rings is 1. The van der Waals surface area contributed by atoms with Crippen LogP contribution < -0.4 is 10.6 Å². The second-order valence-electron chi connectivity index (χ2n) is 4.03. The fourth-order valence-electron chi connectivity index (χ4n) is 1.64. The van der Waals surface area contributed by atoms with Gasteiger partial charge in [-0.15, -0.1) is 0 Å². The lowest BCUT2D eigenvalue weighted by molar-refractivity contribution is 0.283. The number of aliphatic hydroxyl groups is 1. The van der Waals surface area contributed by atoms with E-state index in [9.17, 15) is 4.39 Å². The first kappa shape index (κ1) is 14.5. The zero-order valence-corrected chi connectivity index (χ0v) is 12.1. The molecule has 1 aromatic carbocycles. The van der Waals surface area contributed by atoms with Crippen LogP contribution in [0.3, 0.4) is 0 Å². The van der Waals surface area contributed by atoms with Gasteiger partial charge in [0.05, 0.1) is 14.9 Å². The molecular weight excluding hydrogens is 334 g/mol. The molecule has 0 aliphatic heterocycles. The molecule has 0 fully saturated rings. The third-order valence-corrected chi connectivity index (χ3v) is 3.46. The molecule has 17 heavy (non-hydrogen) atoms. The molecule has 0 radical (unpaired) electrons. The maximum absolute atomic E-state index is 13.4. The summed E-state index contributed by atoms with van der Waals surface area (Å²) in [5, 5.41) is 8.68. The SMILES string of the molecule is CN(CCCCCO)c1cc(F)c(I)cc1N. The molecule has 1 rings (SSSR count). The smallest absolute Gasteiger partial charge is 0.138 e. The monoisotopic (exact) mass is 352 g/mol. The number of hydrogen-bond donors (Lipinski definition) is 2. The first-order valence-corrected chi connectivity index (χ1v) is 6.70. The van der Waals surface area contributed by atoms with Crippen LogP contribution in [0.2, 0.25) is 0 Å². The molecule has 3 nitrogen and oxygen atoms in total. The third-order valence-electron chi connectivity index (χ3n) is 2.63. The van der Waals surface area contributed by atoms with Gasteiger partial charge in [0.1, 0.15) is 5.82 Å². The molecule has 0 spiro atoms. The van der Waals surface area contributed by atoms with Gasteiger partial charge in [-0.05, 0) is 47.9 Å². The van der Waals surface area contributed by atoms with Crippen LogP contribution in [0.4, 0.5) is 15.8 Å². The van der Waals surface area contributed by atoms with E-state index < -0.39 is 0 Å². The molecule has 0 bridgehead atoms. The van der Waals surface area contributed by atoms with E-state index in [0.717, 1.165) is 31.5 Å². The lowest BCUT2D eigenvalue weighted by atomic mass is 10.2. The van der Waals surface area contributed by atoms with Crippen molar-refractivity contribution in [3.05, 3.63) is 21.5 Å². The van der Waals surface area contributed by atoms with Crippen LogP contribution in [0.25, 0.3) is 0 Å². The van der Waals surface area contributed by atoms with Crippen LogP contribution >= 0.6 is 22.6 Å². The van der Waals surface area contributed by atoms with E-state index in [1.165, 1.54) is 6.07 Å². The van der Waals surface area contributed by atoms with E-state index in [4.69, 9.17) is 10.8 Å². The molecule has 0 saturated heterocycles. The largest absolute Gasteiger partial charge is 0.397 e. The number of aliphatic hydroxyl groups excluding tert-OH is 1. The Morgan fingerprint density at radius 2 is 2.06 bits per heavy atom. The molecule has 0 unspecified atom stereocenters. The Hall–Kier alpha value is -0.560. The van der Waals surface area contributed by atoms with Crippen LogP contribution in [0.5, 0.6) is 0 Å². The van der Waals surface area contributed by atoms with Crippen LogP contribution in [-0.2, 0) is 0 Å². The molecule has 0 aromatic heterocycles. The van der Waals surface area contributed by atoms with Crippen LogP contribution in [0, 0.1) is 9.39 Å². The van der Waals surface area contributed by atoms with Gasteiger partial charge in [-0.1, -0.05) is 0 Å². The summed E-state index contributed by atoms with van der Waals surface area (Å²) in [5.74, 6) is -0.239. The fraction of sp³-hybridized carbons (Fsp3) is 0.500. The average molecular weight is 352 g/mol. The van der Waals surface area contributed by atoms with E-state index in [2.05, 4.69) is 0 Å². The summed E-state index contributed by atoms with van der Waals surface area (Å²) < 4.78 is 14.0. The number of nitrogens with two attached hydrogens (primary N) is 1. The van der Waals surface area contributed by atoms with Crippen molar-refractivity contribution in [1.29, 1.82) is 0 Å². The number of unbranched alkanes of at least 4 members (excludes halogenated alkanes) is 2. The molecule has 1 aromatic rings. The molecule has 0 atom stereocenters. The topological polar surface area (TPSA) is 49.5 Å².